The van der Waals surface area contributed by atoms with Crippen molar-refractivity contribution in [2.45, 2.75) is 96.8 Å². The van der Waals surface area contributed by atoms with Gasteiger partial charge in [0.25, 0.3) is 0 Å². The van der Waals surface area contributed by atoms with E-state index in [-0.39, 0.29) is 5.41 Å². The maximum atomic E-state index is 12.3. The lowest BCUT2D eigenvalue weighted by Crippen LogP contribution is -2.55. The van der Waals surface area contributed by atoms with E-state index >= 15 is 0 Å². The van der Waals surface area contributed by atoms with Crippen molar-refractivity contribution in [1.82, 2.24) is 0 Å². The van der Waals surface area contributed by atoms with Crippen molar-refractivity contribution in [2.24, 2.45) is 52.8 Å². The van der Waals surface area contributed by atoms with Crippen LogP contribution in [0.15, 0.2) is 0 Å². The van der Waals surface area contributed by atoms with Crippen LogP contribution in [0.25, 0.3) is 0 Å². The quantitative estimate of drug-likeness (QED) is 0.506. The summed E-state index contributed by atoms with van der Waals surface area (Å²) in [5.74, 6) is 7.68. The molecule has 9 atom stereocenters. The van der Waals surface area contributed by atoms with E-state index in [1.165, 1.54) is 89.8 Å². The van der Waals surface area contributed by atoms with Crippen LogP contribution in [-0.4, -0.2) is 6.29 Å². The van der Waals surface area contributed by atoms with Crippen LogP contribution in [0.3, 0.4) is 0 Å². The van der Waals surface area contributed by atoms with Crippen LogP contribution in [0.1, 0.15) is 96.8 Å². The highest BCUT2D eigenvalue weighted by molar-refractivity contribution is 5.61. The van der Waals surface area contributed by atoms with E-state index in [0.717, 1.165) is 47.3 Å². The molecule has 146 valence electrons. The monoisotopic (exact) mass is 356 g/mol. The predicted molar refractivity (Wildman–Crippen MR) is 107 cm³/mol. The molecule has 0 saturated heterocycles. The summed E-state index contributed by atoms with van der Waals surface area (Å²) in [6.07, 6.45) is 21.4. The van der Waals surface area contributed by atoms with Gasteiger partial charge < -0.3 is 4.79 Å². The number of hydrogen-bond acceptors (Lipinski definition) is 1. The molecule has 0 bridgehead atoms. The minimum atomic E-state index is 0.0783. The van der Waals surface area contributed by atoms with Gasteiger partial charge in [-0.1, -0.05) is 45.4 Å². The van der Waals surface area contributed by atoms with E-state index in [1.807, 2.05) is 0 Å². The van der Waals surface area contributed by atoms with Crippen molar-refractivity contribution in [3.05, 3.63) is 0 Å². The maximum absolute atomic E-state index is 12.3. The molecule has 0 radical (unpaired) electrons. The van der Waals surface area contributed by atoms with Gasteiger partial charge in [-0.3, -0.25) is 0 Å². The summed E-state index contributed by atoms with van der Waals surface area (Å²) in [5, 5.41) is 0. The van der Waals surface area contributed by atoms with Crippen molar-refractivity contribution in [3.63, 3.8) is 0 Å². The fourth-order valence-corrected chi connectivity index (χ4v) is 9.51. The summed E-state index contributed by atoms with van der Waals surface area (Å²) in [5.41, 5.74) is 0.0783. The number of fused-ring (bicyclic) bond motifs is 7. The smallest absolute Gasteiger partial charge is 0.126 e. The number of hydrogen-bond donors (Lipinski definition) is 0. The summed E-state index contributed by atoms with van der Waals surface area (Å²) < 4.78 is 0. The first-order valence-electron chi connectivity index (χ1n) is 12.2. The molecule has 0 amide bonds. The van der Waals surface area contributed by atoms with Gasteiger partial charge in [0.15, 0.2) is 0 Å². The van der Waals surface area contributed by atoms with E-state index in [2.05, 4.69) is 6.92 Å². The third kappa shape index (κ3) is 2.58. The second kappa shape index (κ2) is 6.93. The fraction of sp³-hybridized carbons (Fsp3) is 0.960. The largest absolute Gasteiger partial charge is 0.303 e. The zero-order valence-electron chi connectivity index (χ0n) is 17.0. The average Bonchev–Trinajstić information content (AvgIpc) is 2.72. The van der Waals surface area contributed by atoms with Crippen molar-refractivity contribution < 1.29 is 4.79 Å². The van der Waals surface area contributed by atoms with Crippen molar-refractivity contribution in [2.75, 3.05) is 0 Å². The Morgan fingerprint density at radius 3 is 2.31 bits per heavy atom. The standard InChI is InChI=1S/C25H40O/c1-2-17-7-5-14-25(16-26)15-13-22-21-10-9-18-6-3-4-8-19(18)20(21)11-12-23(22)24(17)25/h16-24H,2-15H2,1H3. The normalized spacial score (nSPS) is 53.6. The van der Waals surface area contributed by atoms with Crippen LogP contribution < -0.4 is 0 Å². The van der Waals surface area contributed by atoms with E-state index < -0.39 is 0 Å². The molecule has 26 heavy (non-hydrogen) atoms. The molecular formula is C25H40O. The Balaban J connectivity index is 1.42. The first-order valence-corrected chi connectivity index (χ1v) is 12.2. The molecule has 0 aromatic heterocycles. The minimum Gasteiger partial charge on any atom is -0.303 e. The van der Waals surface area contributed by atoms with Crippen LogP contribution in [-0.2, 0) is 4.79 Å². The predicted octanol–water partition coefficient (Wildman–Crippen LogP) is 6.65. The lowest BCUT2D eigenvalue weighted by atomic mass is 9.43. The zero-order chi connectivity index (χ0) is 17.7. The van der Waals surface area contributed by atoms with Crippen LogP contribution in [0, 0.1) is 52.8 Å². The number of carbonyl (C=O) groups excluding carboxylic acids is 1. The lowest BCUT2D eigenvalue weighted by molar-refractivity contribution is -0.148. The molecule has 0 aliphatic heterocycles. The molecule has 9 unspecified atom stereocenters. The maximum Gasteiger partial charge on any atom is 0.126 e. The highest BCUT2D eigenvalue weighted by atomic mass is 16.1. The summed E-state index contributed by atoms with van der Waals surface area (Å²) in [6, 6.07) is 0. The highest BCUT2D eigenvalue weighted by Gasteiger charge is 2.57. The van der Waals surface area contributed by atoms with Crippen LogP contribution >= 0.6 is 0 Å². The van der Waals surface area contributed by atoms with Crippen molar-refractivity contribution >= 4 is 6.29 Å². The topological polar surface area (TPSA) is 17.1 Å². The average molecular weight is 357 g/mol. The number of rotatable bonds is 2. The Labute approximate surface area is 161 Å². The first kappa shape index (κ1) is 17.7. The Morgan fingerprint density at radius 1 is 0.731 bits per heavy atom. The first-order chi connectivity index (χ1) is 12.8. The van der Waals surface area contributed by atoms with Gasteiger partial charge in [0.05, 0.1) is 0 Å². The van der Waals surface area contributed by atoms with Gasteiger partial charge in [-0.15, -0.1) is 0 Å². The van der Waals surface area contributed by atoms with Gasteiger partial charge in [-0.25, -0.2) is 0 Å². The van der Waals surface area contributed by atoms with E-state index in [9.17, 15) is 4.79 Å². The molecule has 5 saturated carbocycles. The molecule has 0 aromatic carbocycles. The van der Waals surface area contributed by atoms with Gasteiger partial charge >= 0.3 is 0 Å². The van der Waals surface area contributed by atoms with Gasteiger partial charge in [-0.2, -0.15) is 0 Å². The molecular weight excluding hydrogens is 316 g/mol. The fourth-order valence-electron chi connectivity index (χ4n) is 9.51. The van der Waals surface area contributed by atoms with Gasteiger partial charge in [-0.05, 0) is 98.7 Å². The SMILES string of the molecule is CCC1CCCC2(C=O)CCC3C4CCC5CCCCC5C4CCC3C12. The van der Waals surface area contributed by atoms with Gasteiger partial charge in [0, 0.05) is 5.41 Å². The Bertz CT molecular complexity index is 526. The minimum absolute atomic E-state index is 0.0783. The molecule has 5 fully saturated rings. The number of aldehydes is 1. The van der Waals surface area contributed by atoms with Crippen LogP contribution in [0.2, 0.25) is 0 Å². The Hall–Kier alpha value is -0.330. The number of carbonyl (C=O) groups is 1. The summed E-state index contributed by atoms with van der Waals surface area (Å²) in [6.45, 7) is 2.40. The molecule has 1 heteroatoms. The second-order valence-corrected chi connectivity index (χ2v) is 11.0. The molecule has 1 nitrogen and oxygen atoms in total. The molecule has 5 aliphatic carbocycles. The Kier molecular flexibility index (Phi) is 4.73. The molecule has 5 aliphatic rings. The molecule has 0 spiro atoms. The Morgan fingerprint density at radius 2 is 1.46 bits per heavy atom. The van der Waals surface area contributed by atoms with Crippen LogP contribution in [0.5, 0.6) is 0 Å². The zero-order valence-corrected chi connectivity index (χ0v) is 17.0. The summed E-state index contributed by atoms with van der Waals surface area (Å²) in [4.78, 5) is 12.3. The molecule has 0 heterocycles. The van der Waals surface area contributed by atoms with Gasteiger partial charge in [0.1, 0.15) is 6.29 Å². The summed E-state index contributed by atoms with van der Waals surface area (Å²) >= 11 is 0. The van der Waals surface area contributed by atoms with E-state index in [1.54, 1.807) is 6.42 Å². The molecule has 5 rings (SSSR count). The second-order valence-electron chi connectivity index (χ2n) is 11.0. The van der Waals surface area contributed by atoms with Crippen molar-refractivity contribution in [3.8, 4) is 0 Å². The molecule has 0 aromatic rings. The highest BCUT2D eigenvalue weighted by Crippen LogP contribution is 2.64. The third-order valence-corrected chi connectivity index (χ3v) is 10.4. The van der Waals surface area contributed by atoms with E-state index in [0.29, 0.717) is 0 Å². The van der Waals surface area contributed by atoms with Crippen LogP contribution in [0.4, 0.5) is 0 Å². The summed E-state index contributed by atoms with van der Waals surface area (Å²) in [7, 11) is 0. The van der Waals surface area contributed by atoms with Crippen molar-refractivity contribution in [1.29, 1.82) is 0 Å². The van der Waals surface area contributed by atoms with E-state index in [4.69, 9.17) is 0 Å². The third-order valence-electron chi connectivity index (χ3n) is 10.4. The molecule has 0 N–H and O–H groups in total. The van der Waals surface area contributed by atoms with Gasteiger partial charge in [0.2, 0.25) is 0 Å². The lowest BCUT2D eigenvalue weighted by Gasteiger charge is -2.61.